The van der Waals surface area contributed by atoms with E-state index in [1.165, 1.54) is 24.3 Å². The molecule has 0 spiro atoms. The maximum absolute atomic E-state index is 14.0. The molecule has 7 heteroatoms. The number of hydrogen-bond donors (Lipinski definition) is 2. The topological polar surface area (TPSA) is 59.8 Å². The molecule has 2 aromatic carbocycles. The lowest BCUT2D eigenvalue weighted by molar-refractivity contribution is -0.266. The van der Waals surface area contributed by atoms with Crippen molar-refractivity contribution in [3.8, 4) is 6.07 Å². The number of aromatic amines is 1. The Morgan fingerprint density at radius 2 is 1.77 bits per heavy atom. The number of aryl methyl sites for hydroxylation is 1. The van der Waals surface area contributed by atoms with Gasteiger partial charge in [0.15, 0.2) is 5.60 Å². The molecule has 0 fully saturated rings. The molecule has 0 aliphatic rings. The Hall–Kier alpha value is -2.85. The fourth-order valence-corrected chi connectivity index (χ4v) is 4.15. The molecule has 3 aromatic rings. The average Bonchev–Trinajstić information content (AvgIpc) is 3.00. The first kappa shape index (κ1) is 21.8. The van der Waals surface area contributed by atoms with Crippen molar-refractivity contribution in [1.82, 2.24) is 4.98 Å². The first-order valence-electron chi connectivity index (χ1n) is 9.42. The second-order valence-electron chi connectivity index (χ2n) is 8.43. The number of hydrogen-bond acceptors (Lipinski definition) is 2. The van der Waals surface area contributed by atoms with Crippen molar-refractivity contribution in [2.24, 2.45) is 0 Å². The largest absolute Gasteiger partial charge is 0.417 e. The quantitative estimate of drug-likeness (QED) is 0.523. The van der Waals surface area contributed by atoms with Crippen LogP contribution in [0.1, 0.15) is 42.7 Å². The molecule has 1 heterocycles. The second kappa shape index (κ2) is 7.44. The molecular weight excluding hydrogens is 396 g/mol. The van der Waals surface area contributed by atoms with Crippen LogP contribution in [-0.2, 0) is 11.8 Å². The van der Waals surface area contributed by atoms with Gasteiger partial charge in [-0.2, -0.15) is 18.4 Å². The molecule has 0 saturated heterocycles. The molecule has 3 nitrogen and oxygen atoms in total. The van der Waals surface area contributed by atoms with Gasteiger partial charge in [-0.3, -0.25) is 0 Å². The molecule has 0 amide bonds. The highest BCUT2D eigenvalue weighted by Gasteiger charge is 2.56. The standard InChI is InChI=1S/C23H22F4N2O/c1-14-8-17(24)5-6-19(14)21(2,3)13-22(30,23(25,26)27)11-18-10-16-9-15(12-28)4-7-20(16)29-18/h4-10,29-30H,11,13H2,1-3H3. The predicted octanol–water partition coefficient (Wildman–Crippen LogP) is 5.69. The summed E-state index contributed by atoms with van der Waals surface area (Å²) < 4.78 is 55.5. The molecule has 1 aromatic heterocycles. The summed E-state index contributed by atoms with van der Waals surface area (Å²) in [7, 11) is 0. The summed E-state index contributed by atoms with van der Waals surface area (Å²) >= 11 is 0. The molecule has 1 unspecified atom stereocenters. The fraction of sp³-hybridized carbons (Fsp3) is 0.348. The minimum atomic E-state index is -4.88. The summed E-state index contributed by atoms with van der Waals surface area (Å²) in [5.41, 5.74) is -1.81. The second-order valence-corrected chi connectivity index (χ2v) is 8.43. The monoisotopic (exact) mass is 418 g/mol. The maximum atomic E-state index is 14.0. The molecule has 0 aliphatic heterocycles. The number of aliphatic hydroxyl groups is 1. The van der Waals surface area contributed by atoms with E-state index in [4.69, 9.17) is 5.26 Å². The van der Waals surface area contributed by atoms with E-state index in [-0.39, 0.29) is 5.69 Å². The van der Waals surface area contributed by atoms with Crippen LogP contribution in [0.3, 0.4) is 0 Å². The highest BCUT2D eigenvalue weighted by Crippen LogP contribution is 2.43. The minimum Gasteiger partial charge on any atom is -0.380 e. The number of H-pyrrole nitrogens is 1. The van der Waals surface area contributed by atoms with Gasteiger partial charge in [0, 0.05) is 23.0 Å². The van der Waals surface area contributed by atoms with E-state index in [9.17, 15) is 22.7 Å². The summed E-state index contributed by atoms with van der Waals surface area (Å²) in [4.78, 5) is 2.90. The van der Waals surface area contributed by atoms with E-state index in [2.05, 4.69) is 4.98 Å². The summed E-state index contributed by atoms with van der Waals surface area (Å²) in [5.74, 6) is -0.465. The lowest BCUT2D eigenvalue weighted by Gasteiger charge is -2.38. The van der Waals surface area contributed by atoms with Gasteiger partial charge in [0.25, 0.3) is 0 Å². The zero-order valence-electron chi connectivity index (χ0n) is 16.9. The van der Waals surface area contributed by atoms with E-state index < -0.39 is 35.9 Å². The molecule has 158 valence electrons. The van der Waals surface area contributed by atoms with Crippen molar-refractivity contribution < 1.29 is 22.7 Å². The van der Waals surface area contributed by atoms with Crippen LogP contribution >= 0.6 is 0 Å². The molecule has 1 atom stereocenters. The van der Waals surface area contributed by atoms with E-state index in [1.54, 1.807) is 39.0 Å². The molecular formula is C23H22F4N2O. The number of fused-ring (bicyclic) bond motifs is 1. The van der Waals surface area contributed by atoms with Gasteiger partial charge in [0.1, 0.15) is 5.82 Å². The van der Waals surface area contributed by atoms with Gasteiger partial charge in [0.05, 0.1) is 11.6 Å². The fourth-order valence-electron chi connectivity index (χ4n) is 4.15. The average molecular weight is 418 g/mol. The maximum Gasteiger partial charge on any atom is 0.417 e. The zero-order chi connectivity index (χ0) is 22.3. The molecule has 0 radical (unpaired) electrons. The van der Waals surface area contributed by atoms with Crippen LogP contribution in [0.5, 0.6) is 0 Å². The van der Waals surface area contributed by atoms with E-state index in [0.717, 1.165) is 0 Å². The predicted molar refractivity (Wildman–Crippen MR) is 107 cm³/mol. The van der Waals surface area contributed by atoms with E-state index in [1.807, 2.05) is 6.07 Å². The molecule has 2 N–H and O–H groups in total. The number of alkyl halides is 3. The first-order valence-corrected chi connectivity index (χ1v) is 9.42. The lowest BCUT2D eigenvalue weighted by atomic mass is 9.72. The van der Waals surface area contributed by atoms with Crippen molar-refractivity contribution >= 4 is 10.9 Å². The van der Waals surface area contributed by atoms with Gasteiger partial charge in [0.2, 0.25) is 0 Å². The number of halogens is 4. The SMILES string of the molecule is Cc1cc(F)ccc1C(C)(C)CC(O)(Cc1cc2cc(C#N)ccc2[nH]1)C(F)(F)F. The van der Waals surface area contributed by atoms with Gasteiger partial charge in [-0.25, -0.2) is 4.39 Å². The summed E-state index contributed by atoms with van der Waals surface area (Å²) in [6.07, 6.45) is -6.15. The van der Waals surface area contributed by atoms with Crippen molar-refractivity contribution in [2.75, 3.05) is 0 Å². The Kier molecular flexibility index (Phi) is 5.42. The van der Waals surface area contributed by atoms with Crippen molar-refractivity contribution in [1.29, 1.82) is 5.26 Å². The van der Waals surface area contributed by atoms with Crippen LogP contribution < -0.4 is 0 Å². The van der Waals surface area contributed by atoms with Crippen molar-refractivity contribution in [3.63, 3.8) is 0 Å². The van der Waals surface area contributed by atoms with Crippen LogP contribution in [0, 0.1) is 24.1 Å². The molecule has 30 heavy (non-hydrogen) atoms. The third kappa shape index (κ3) is 4.19. The van der Waals surface area contributed by atoms with Crippen LogP contribution in [0.25, 0.3) is 10.9 Å². The number of aromatic nitrogens is 1. The Labute approximate surface area is 172 Å². The molecule has 0 bridgehead atoms. The van der Waals surface area contributed by atoms with Gasteiger partial charge >= 0.3 is 6.18 Å². The highest BCUT2D eigenvalue weighted by atomic mass is 19.4. The molecule has 0 saturated carbocycles. The summed E-state index contributed by atoms with van der Waals surface area (Å²) in [5, 5.41) is 20.4. The van der Waals surface area contributed by atoms with E-state index >= 15 is 0 Å². The Morgan fingerprint density at radius 1 is 1.07 bits per heavy atom. The smallest absolute Gasteiger partial charge is 0.380 e. The van der Waals surface area contributed by atoms with Crippen molar-refractivity contribution in [2.45, 2.75) is 50.8 Å². The van der Waals surface area contributed by atoms with Crippen LogP contribution in [0.15, 0.2) is 42.5 Å². The van der Waals surface area contributed by atoms with Gasteiger partial charge in [-0.1, -0.05) is 19.9 Å². The summed E-state index contributed by atoms with van der Waals surface area (Å²) in [6.45, 7) is 4.85. The number of rotatable bonds is 5. The number of nitriles is 1. The Balaban J connectivity index is 1.97. The highest BCUT2D eigenvalue weighted by molar-refractivity contribution is 5.81. The number of benzene rings is 2. The van der Waals surface area contributed by atoms with Gasteiger partial charge in [-0.15, -0.1) is 0 Å². The Bertz CT molecular complexity index is 1120. The Morgan fingerprint density at radius 3 is 2.37 bits per heavy atom. The van der Waals surface area contributed by atoms with Crippen LogP contribution in [-0.4, -0.2) is 21.9 Å². The first-order chi connectivity index (χ1) is 13.8. The number of nitrogens with one attached hydrogen (secondary N) is 1. The van der Waals surface area contributed by atoms with Gasteiger partial charge < -0.3 is 10.1 Å². The van der Waals surface area contributed by atoms with Crippen molar-refractivity contribution in [3.05, 3.63) is 70.7 Å². The lowest BCUT2D eigenvalue weighted by Crippen LogP contribution is -2.51. The molecule has 3 rings (SSSR count). The number of nitrogens with zero attached hydrogens (tertiary/aromatic N) is 1. The normalized spacial score (nSPS) is 14.5. The third-order valence-corrected chi connectivity index (χ3v) is 5.47. The van der Waals surface area contributed by atoms with E-state index in [0.29, 0.717) is 27.6 Å². The van der Waals surface area contributed by atoms with Gasteiger partial charge in [-0.05, 0) is 66.3 Å². The molecule has 0 aliphatic carbocycles. The zero-order valence-corrected chi connectivity index (χ0v) is 16.9. The van der Waals surface area contributed by atoms with Crippen LogP contribution in [0.2, 0.25) is 0 Å². The summed E-state index contributed by atoms with van der Waals surface area (Å²) in [6, 6.07) is 12.2. The third-order valence-electron chi connectivity index (χ3n) is 5.47. The minimum absolute atomic E-state index is 0.214. The van der Waals surface area contributed by atoms with Crippen LogP contribution in [0.4, 0.5) is 17.6 Å².